The van der Waals surface area contributed by atoms with E-state index < -0.39 is 0 Å². The van der Waals surface area contributed by atoms with Gasteiger partial charge in [0.1, 0.15) is 5.78 Å². The van der Waals surface area contributed by atoms with Gasteiger partial charge in [0.2, 0.25) is 0 Å². The molecule has 92 valence electrons. The molecule has 0 radical (unpaired) electrons. The molecule has 0 amide bonds. The third kappa shape index (κ3) is 4.39. The molecule has 0 bridgehead atoms. The lowest BCUT2D eigenvalue weighted by molar-refractivity contribution is -0.118. The minimum absolute atomic E-state index is 0.233. The summed E-state index contributed by atoms with van der Waals surface area (Å²) in [7, 11) is 0. The number of Topliss-reactive ketones (excluding diaryl/α,β-unsaturated/α-hetero) is 1. The molecule has 3 heteroatoms. The Hall–Kier alpha value is -1.64. The minimum atomic E-state index is -0.320. The van der Waals surface area contributed by atoms with Gasteiger partial charge in [-0.1, -0.05) is 19.1 Å². The molecule has 17 heavy (non-hydrogen) atoms. The first-order valence-electron chi connectivity index (χ1n) is 5.95. The van der Waals surface area contributed by atoms with E-state index in [0.717, 1.165) is 12.0 Å². The molecule has 0 aliphatic carbocycles. The third-order valence-electron chi connectivity index (χ3n) is 2.40. The molecule has 0 saturated carbocycles. The summed E-state index contributed by atoms with van der Waals surface area (Å²) in [4.78, 5) is 22.8. The summed E-state index contributed by atoms with van der Waals surface area (Å²) in [5.74, 6) is -0.0877. The maximum Gasteiger partial charge on any atom is 0.338 e. The molecule has 0 saturated heterocycles. The van der Waals surface area contributed by atoms with Crippen LogP contribution in [0.1, 0.15) is 42.6 Å². The molecule has 0 aliphatic heterocycles. The van der Waals surface area contributed by atoms with Crippen LogP contribution < -0.4 is 0 Å². The third-order valence-corrected chi connectivity index (χ3v) is 2.40. The summed E-state index contributed by atoms with van der Waals surface area (Å²) in [5, 5.41) is 0. The van der Waals surface area contributed by atoms with Crippen LogP contribution in [0, 0.1) is 0 Å². The zero-order chi connectivity index (χ0) is 12.7. The Labute approximate surface area is 102 Å². The fourth-order valence-corrected chi connectivity index (χ4v) is 1.57. The topological polar surface area (TPSA) is 43.4 Å². The van der Waals surface area contributed by atoms with Gasteiger partial charge in [0.15, 0.2) is 0 Å². The van der Waals surface area contributed by atoms with E-state index in [2.05, 4.69) is 0 Å². The second kappa shape index (κ2) is 6.84. The number of ketones is 1. The molecule has 1 rings (SSSR count). The van der Waals surface area contributed by atoms with Crippen molar-refractivity contribution in [3.8, 4) is 0 Å². The fourth-order valence-electron chi connectivity index (χ4n) is 1.57. The quantitative estimate of drug-likeness (QED) is 0.711. The van der Waals surface area contributed by atoms with E-state index in [0.29, 0.717) is 25.0 Å². The fraction of sp³-hybridized carbons (Fsp3) is 0.429. The van der Waals surface area contributed by atoms with E-state index in [4.69, 9.17) is 4.74 Å². The van der Waals surface area contributed by atoms with Gasteiger partial charge in [0.25, 0.3) is 0 Å². The Balaban J connectivity index is 2.61. The smallest absolute Gasteiger partial charge is 0.338 e. The molecule has 3 nitrogen and oxygen atoms in total. The van der Waals surface area contributed by atoms with Crippen LogP contribution >= 0.6 is 0 Å². The summed E-state index contributed by atoms with van der Waals surface area (Å²) in [5.41, 5.74) is 1.47. The number of esters is 1. The number of carbonyl (C=O) groups is 2. The van der Waals surface area contributed by atoms with E-state index in [-0.39, 0.29) is 11.8 Å². The summed E-state index contributed by atoms with van der Waals surface area (Å²) < 4.78 is 4.88. The number of ether oxygens (including phenoxy) is 1. The Morgan fingerprint density at radius 1 is 1.12 bits per heavy atom. The average Bonchev–Trinajstić information content (AvgIpc) is 2.30. The van der Waals surface area contributed by atoms with Gasteiger partial charge in [0, 0.05) is 12.8 Å². The van der Waals surface area contributed by atoms with Gasteiger partial charge in [-0.15, -0.1) is 0 Å². The highest BCUT2D eigenvalue weighted by atomic mass is 16.5. The summed E-state index contributed by atoms with van der Waals surface area (Å²) >= 11 is 0. The van der Waals surface area contributed by atoms with Crippen molar-refractivity contribution in [2.24, 2.45) is 0 Å². The molecule has 0 fully saturated rings. The highest BCUT2D eigenvalue weighted by Gasteiger charge is 2.07. The SMILES string of the molecule is CCCC(=O)Cc1ccc(C(=O)OCC)cc1. The van der Waals surface area contributed by atoms with Gasteiger partial charge >= 0.3 is 5.97 Å². The van der Waals surface area contributed by atoms with Gasteiger partial charge in [-0.2, -0.15) is 0 Å². The molecule has 0 N–H and O–H groups in total. The lowest BCUT2D eigenvalue weighted by Gasteiger charge is -2.03. The average molecular weight is 234 g/mol. The maximum atomic E-state index is 11.4. The Morgan fingerprint density at radius 3 is 2.29 bits per heavy atom. The predicted octanol–water partition coefficient (Wildman–Crippen LogP) is 2.78. The molecule has 0 aromatic heterocycles. The summed E-state index contributed by atoms with van der Waals surface area (Å²) in [6.45, 7) is 4.13. The predicted molar refractivity (Wildman–Crippen MR) is 66.0 cm³/mol. The zero-order valence-corrected chi connectivity index (χ0v) is 10.4. The second-order valence-electron chi connectivity index (χ2n) is 3.88. The number of carbonyl (C=O) groups excluding carboxylic acids is 2. The van der Waals surface area contributed by atoms with Crippen LogP contribution in [0.25, 0.3) is 0 Å². The number of hydrogen-bond acceptors (Lipinski definition) is 3. The van der Waals surface area contributed by atoms with Gasteiger partial charge < -0.3 is 4.74 Å². The van der Waals surface area contributed by atoms with Gasteiger partial charge in [0.05, 0.1) is 12.2 Å². The first-order chi connectivity index (χ1) is 8.17. The normalized spacial score (nSPS) is 10.0. The molecule has 0 aliphatic rings. The molecular formula is C14H18O3. The number of benzene rings is 1. The number of rotatable bonds is 6. The van der Waals surface area contributed by atoms with E-state index in [1.165, 1.54) is 0 Å². The van der Waals surface area contributed by atoms with Crippen molar-refractivity contribution in [1.82, 2.24) is 0 Å². The van der Waals surface area contributed by atoms with E-state index in [1.807, 2.05) is 6.92 Å². The molecule has 0 atom stereocenters. The highest BCUT2D eigenvalue weighted by molar-refractivity contribution is 5.89. The van der Waals surface area contributed by atoms with Crippen molar-refractivity contribution in [1.29, 1.82) is 0 Å². The van der Waals surface area contributed by atoms with Crippen LogP contribution in [0.15, 0.2) is 24.3 Å². The van der Waals surface area contributed by atoms with Gasteiger partial charge in [-0.05, 0) is 31.0 Å². The van der Waals surface area contributed by atoms with Gasteiger partial charge in [-0.25, -0.2) is 4.79 Å². The lowest BCUT2D eigenvalue weighted by Crippen LogP contribution is -2.05. The number of hydrogen-bond donors (Lipinski definition) is 0. The van der Waals surface area contributed by atoms with E-state index >= 15 is 0 Å². The molecule has 1 aromatic carbocycles. The van der Waals surface area contributed by atoms with Crippen molar-refractivity contribution >= 4 is 11.8 Å². The Kier molecular flexibility index (Phi) is 5.40. The van der Waals surface area contributed by atoms with Crippen LogP contribution in [0.4, 0.5) is 0 Å². The Bertz CT molecular complexity index is 379. The molecule has 0 heterocycles. The van der Waals surface area contributed by atoms with Crippen molar-refractivity contribution in [2.75, 3.05) is 6.61 Å². The van der Waals surface area contributed by atoms with Crippen molar-refractivity contribution < 1.29 is 14.3 Å². The largest absolute Gasteiger partial charge is 0.462 e. The Morgan fingerprint density at radius 2 is 1.76 bits per heavy atom. The van der Waals surface area contributed by atoms with Crippen LogP contribution in [-0.4, -0.2) is 18.4 Å². The first kappa shape index (κ1) is 13.4. The van der Waals surface area contributed by atoms with Crippen LogP contribution in [-0.2, 0) is 16.0 Å². The monoisotopic (exact) mass is 234 g/mol. The van der Waals surface area contributed by atoms with Gasteiger partial charge in [-0.3, -0.25) is 4.79 Å². The molecule has 1 aromatic rings. The summed E-state index contributed by atoms with van der Waals surface area (Å²) in [6.07, 6.45) is 1.93. The lowest BCUT2D eigenvalue weighted by atomic mass is 10.0. The highest BCUT2D eigenvalue weighted by Crippen LogP contribution is 2.08. The van der Waals surface area contributed by atoms with Crippen LogP contribution in [0.2, 0.25) is 0 Å². The zero-order valence-electron chi connectivity index (χ0n) is 10.4. The van der Waals surface area contributed by atoms with Crippen molar-refractivity contribution in [3.05, 3.63) is 35.4 Å². The van der Waals surface area contributed by atoms with E-state index in [1.54, 1.807) is 31.2 Å². The first-order valence-corrected chi connectivity index (χ1v) is 5.95. The van der Waals surface area contributed by atoms with Crippen molar-refractivity contribution in [3.63, 3.8) is 0 Å². The molecule has 0 spiro atoms. The van der Waals surface area contributed by atoms with Crippen LogP contribution in [0.3, 0.4) is 0 Å². The van der Waals surface area contributed by atoms with Crippen molar-refractivity contribution in [2.45, 2.75) is 33.1 Å². The minimum Gasteiger partial charge on any atom is -0.462 e. The maximum absolute atomic E-state index is 11.4. The standard InChI is InChI=1S/C14H18O3/c1-3-5-13(15)10-11-6-8-12(9-7-11)14(16)17-4-2/h6-9H,3-5,10H2,1-2H3. The summed E-state index contributed by atoms with van der Waals surface area (Å²) in [6, 6.07) is 7.01. The second-order valence-corrected chi connectivity index (χ2v) is 3.88. The molecular weight excluding hydrogens is 216 g/mol. The van der Waals surface area contributed by atoms with Crippen LogP contribution in [0.5, 0.6) is 0 Å². The van der Waals surface area contributed by atoms with E-state index in [9.17, 15) is 9.59 Å². The molecule has 0 unspecified atom stereocenters.